The largest absolute Gasteiger partial charge is 0.486 e. The van der Waals surface area contributed by atoms with E-state index in [1.54, 1.807) is 18.7 Å². The van der Waals surface area contributed by atoms with Gasteiger partial charge in [0.05, 0.1) is 21.3 Å². The van der Waals surface area contributed by atoms with Gasteiger partial charge in [0.15, 0.2) is 5.65 Å². The topological polar surface area (TPSA) is 93.9 Å². The summed E-state index contributed by atoms with van der Waals surface area (Å²) < 4.78 is 8.02. The van der Waals surface area contributed by atoms with Crippen molar-refractivity contribution in [2.24, 2.45) is 0 Å². The third-order valence-corrected chi connectivity index (χ3v) is 6.38. The predicted molar refractivity (Wildman–Crippen MR) is 135 cm³/mol. The molecule has 5 aromatic heterocycles. The number of fused-ring (bicyclic) bond motifs is 2. The van der Waals surface area contributed by atoms with Gasteiger partial charge in [-0.05, 0) is 49.4 Å². The van der Waals surface area contributed by atoms with Crippen LogP contribution in [-0.4, -0.2) is 34.8 Å². The molecule has 0 unspecified atom stereocenters. The molecule has 10 heteroatoms. The summed E-state index contributed by atoms with van der Waals surface area (Å²) in [7, 11) is 0. The summed E-state index contributed by atoms with van der Waals surface area (Å²) in [6.45, 7) is 1.90. The molecule has 0 spiro atoms. The zero-order valence-corrected chi connectivity index (χ0v) is 19.9. The van der Waals surface area contributed by atoms with E-state index in [1.807, 2.05) is 66.2 Å². The zero-order chi connectivity index (χ0) is 23.9. The molecule has 5 heterocycles. The maximum absolute atomic E-state index is 6.30. The highest BCUT2D eigenvalue weighted by Crippen LogP contribution is 2.35. The Bertz CT molecular complexity index is 1660. The van der Waals surface area contributed by atoms with E-state index in [1.165, 1.54) is 0 Å². The van der Waals surface area contributed by atoms with Crippen LogP contribution >= 0.6 is 23.2 Å². The Kier molecular flexibility index (Phi) is 5.32. The van der Waals surface area contributed by atoms with Gasteiger partial charge in [-0.3, -0.25) is 19.5 Å². The van der Waals surface area contributed by atoms with Gasteiger partial charge >= 0.3 is 0 Å². The number of rotatable bonds is 5. The van der Waals surface area contributed by atoms with Crippen LogP contribution in [0.3, 0.4) is 0 Å². The number of halogens is 2. The highest BCUT2D eigenvalue weighted by atomic mass is 35.5. The third-order valence-electron chi connectivity index (χ3n) is 5.78. The van der Waals surface area contributed by atoms with Crippen LogP contribution in [0.1, 0.15) is 18.6 Å². The number of hydrogen-bond donors (Lipinski definition) is 1. The van der Waals surface area contributed by atoms with E-state index in [4.69, 9.17) is 27.9 Å². The molecule has 35 heavy (non-hydrogen) atoms. The van der Waals surface area contributed by atoms with Gasteiger partial charge in [0.2, 0.25) is 0 Å². The zero-order valence-electron chi connectivity index (χ0n) is 18.4. The molecule has 0 saturated carbocycles. The molecular formula is C25H17Cl2N7O. The summed E-state index contributed by atoms with van der Waals surface area (Å²) in [5.74, 6) is 0.669. The summed E-state index contributed by atoms with van der Waals surface area (Å²) >= 11 is 12.6. The van der Waals surface area contributed by atoms with E-state index >= 15 is 0 Å². The maximum Gasteiger partial charge on any atom is 0.161 e. The van der Waals surface area contributed by atoms with Crippen molar-refractivity contribution in [3.63, 3.8) is 0 Å². The average molecular weight is 502 g/mol. The Morgan fingerprint density at radius 3 is 2.63 bits per heavy atom. The van der Waals surface area contributed by atoms with Crippen molar-refractivity contribution in [1.82, 2.24) is 34.8 Å². The Morgan fingerprint density at radius 1 is 0.971 bits per heavy atom. The van der Waals surface area contributed by atoms with Gasteiger partial charge in [-0.1, -0.05) is 23.2 Å². The van der Waals surface area contributed by atoms with Gasteiger partial charge < -0.3 is 4.74 Å². The Morgan fingerprint density at radius 2 is 1.83 bits per heavy atom. The first-order valence-corrected chi connectivity index (χ1v) is 11.5. The van der Waals surface area contributed by atoms with Crippen LogP contribution in [0.5, 0.6) is 5.75 Å². The Hall–Kier alpha value is -4.01. The van der Waals surface area contributed by atoms with Crippen molar-refractivity contribution in [3.05, 3.63) is 89.2 Å². The molecule has 1 N–H and O–H groups in total. The first kappa shape index (κ1) is 21.5. The molecule has 172 valence electrons. The number of nitrogens with one attached hydrogen (secondary N) is 1. The molecule has 1 atom stereocenters. The number of aromatic amines is 1. The standard InChI is InChI=1S/C25H17Cl2N7O/c1-14(24-19(26)11-28-12-20(24)27)35-17-3-5-22-18(9-17)25(33-31-22)16-2-4-21(29-10-16)15-6-7-34-13-30-32-23(34)8-15/h2-14H,1H3,(H,31,33)/t14-/m1/s1. The smallest absolute Gasteiger partial charge is 0.161 e. The number of nitrogens with zero attached hydrogens (tertiary/aromatic N) is 6. The number of pyridine rings is 3. The molecule has 0 bridgehead atoms. The summed E-state index contributed by atoms with van der Waals surface area (Å²) in [6, 6.07) is 13.7. The normalized spacial score (nSPS) is 12.3. The second kappa shape index (κ2) is 8.65. The fraction of sp³-hybridized carbons (Fsp3) is 0.0800. The van der Waals surface area contributed by atoms with Crippen LogP contribution in [-0.2, 0) is 0 Å². The Labute approximate surface area is 209 Å². The lowest BCUT2D eigenvalue weighted by atomic mass is 10.1. The molecule has 0 aliphatic carbocycles. The molecular weight excluding hydrogens is 485 g/mol. The number of hydrogen-bond acceptors (Lipinski definition) is 6. The third kappa shape index (κ3) is 3.96. The van der Waals surface area contributed by atoms with Gasteiger partial charge in [0.1, 0.15) is 23.9 Å². The van der Waals surface area contributed by atoms with Gasteiger partial charge in [0.25, 0.3) is 0 Å². The number of H-pyrrole nitrogens is 1. The SMILES string of the molecule is C[C@@H](Oc1ccc2[nH]nc(-c3ccc(-c4ccn5cnnc5c4)nc3)c2c1)c1c(Cl)cncc1Cl. The summed E-state index contributed by atoms with van der Waals surface area (Å²) in [4.78, 5) is 8.66. The number of benzene rings is 1. The fourth-order valence-electron chi connectivity index (χ4n) is 4.04. The second-order valence-corrected chi connectivity index (χ2v) is 8.81. The first-order valence-electron chi connectivity index (χ1n) is 10.8. The van der Waals surface area contributed by atoms with E-state index in [9.17, 15) is 0 Å². The lowest BCUT2D eigenvalue weighted by molar-refractivity contribution is 0.227. The van der Waals surface area contributed by atoms with Gasteiger partial charge in [-0.15, -0.1) is 10.2 Å². The van der Waals surface area contributed by atoms with Crippen molar-refractivity contribution in [3.8, 4) is 28.3 Å². The molecule has 0 saturated heterocycles. The molecule has 6 aromatic rings. The maximum atomic E-state index is 6.30. The van der Waals surface area contributed by atoms with E-state index in [0.717, 1.165) is 39.1 Å². The summed E-state index contributed by atoms with van der Waals surface area (Å²) in [6.07, 6.45) is 8.13. The van der Waals surface area contributed by atoms with Crippen molar-refractivity contribution in [2.45, 2.75) is 13.0 Å². The van der Waals surface area contributed by atoms with E-state index < -0.39 is 0 Å². The van der Waals surface area contributed by atoms with Crippen molar-refractivity contribution in [1.29, 1.82) is 0 Å². The van der Waals surface area contributed by atoms with Crippen molar-refractivity contribution >= 4 is 39.8 Å². The minimum absolute atomic E-state index is 0.366. The van der Waals surface area contributed by atoms with E-state index in [2.05, 4.69) is 30.4 Å². The van der Waals surface area contributed by atoms with Gasteiger partial charge in [-0.2, -0.15) is 5.10 Å². The Balaban J connectivity index is 1.30. The van der Waals surface area contributed by atoms with Gasteiger partial charge in [0, 0.05) is 46.9 Å². The highest BCUT2D eigenvalue weighted by Gasteiger charge is 2.17. The molecule has 1 aromatic carbocycles. The lowest BCUT2D eigenvalue weighted by Gasteiger charge is -2.17. The quantitative estimate of drug-likeness (QED) is 0.303. The van der Waals surface area contributed by atoms with Crippen LogP contribution in [0.2, 0.25) is 10.0 Å². The monoisotopic (exact) mass is 501 g/mol. The molecule has 0 amide bonds. The average Bonchev–Trinajstić information content (AvgIpc) is 3.50. The summed E-state index contributed by atoms with van der Waals surface area (Å²) in [5, 5.41) is 17.5. The minimum atomic E-state index is -0.366. The molecule has 6 rings (SSSR count). The van der Waals surface area contributed by atoms with Gasteiger partial charge in [-0.25, -0.2) is 0 Å². The van der Waals surface area contributed by atoms with Crippen molar-refractivity contribution in [2.75, 3.05) is 0 Å². The van der Waals surface area contributed by atoms with E-state index in [-0.39, 0.29) is 6.10 Å². The molecule has 0 aliphatic heterocycles. The lowest BCUT2D eigenvalue weighted by Crippen LogP contribution is -2.05. The molecule has 0 aliphatic rings. The van der Waals surface area contributed by atoms with Crippen LogP contribution in [0, 0.1) is 0 Å². The van der Waals surface area contributed by atoms with Crippen LogP contribution in [0.4, 0.5) is 0 Å². The minimum Gasteiger partial charge on any atom is -0.486 e. The molecule has 0 fully saturated rings. The van der Waals surface area contributed by atoms with Crippen LogP contribution in [0.25, 0.3) is 39.1 Å². The number of ether oxygens (including phenoxy) is 1. The van der Waals surface area contributed by atoms with Crippen LogP contribution < -0.4 is 4.74 Å². The summed E-state index contributed by atoms with van der Waals surface area (Å²) in [5.41, 5.74) is 5.81. The highest BCUT2D eigenvalue weighted by molar-refractivity contribution is 6.35. The van der Waals surface area contributed by atoms with E-state index in [0.29, 0.717) is 21.4 Å². The molecule has 0 radical (unpaired) electrons. The number of aromatic nitrogens is 7. The van der Waals surface area contributed by atoms with Crippen molar-refractivity contribution < 1.29 is 4.74 Å². The fourth-order valence-corrected chi connectivity index (χ4v) is 4.71. The van der Waals surface area contributed by atoms with Crippen LogP contribution in [0.15, 0.2) is 73.6 Å². The second-order valence-electron chi connectivity index (χ2n) is 8.00. The molecule has 8 nitrogen and oxygen atoms in total. The predicted octanol–water partition coefficient (Wildman–Crippen LogP) is 6.18. The first-order chi connectivity index (χ1) is 17.1.